The molecule has 4 spiro atoms. The highest BCUT2D eigenvalue weighted by molar-refractivity contribution is 9.10. The Hall–Kier alpha value is -5.88. The number of nitrogens with zero attached hydrogens (tertiary/aromatic N) is 6. The highest BCUT2D eigenvalue weighted by Crippen LogP contribution is 2.63. The van der Waals surface area contributed by atoms with Gasteiger partial charge in [0.2, 0.25) is 0 Å². The molecule has 352 valence electrons. The van der Waals surface area contributed by atoms with E-state index in [1.807, 2.05) is 38.1 Å². The van der Waals surface area contributed by atoms with Crippen LogP contribution in [0.1, 0.15) is 98.6 Å². The predicted octanol–water partition coefficient (Wildman–Crippen LogP) is 5.92. The first kappa shape index (κ1) is 48.6. The average molecular weight is 982 g/mol. The van der Waals surface area contributed by atoms with E-state index in [0.717, 1.165) is 90.9 Å². The van der Waals surface area contributed by atoms with Crippen LogP contribution in [0.2, 0.25) is 0 Å². The number of guanidine groups is 2. The number of aliphatic imine (C=N–C) groups is 2. The lowest BCUT2D eigenvalue weighted by Crippen LogP contribution is -2.52. The Morgan fingerprint density at radius 2 is 1.15 bits per heavy atom. The number of ether oxygens (including phenoxy) is 2. The molecule has 6 aliphatic rings. The quantitative estimate of drug-likeness (QED) is 0.167. The molecule has 2 atom stereocenters. The molecule has 2 heterocycles. The van der Waals surface area contributed by atoms with Gasteiger partial charge < -0.3 is 31.0 Å². The summed E-state index contributed by atoms with van der Waals surface area (Å²) in [5, 5.41) is 35.1. The third-order valence-electron chi connectivity index (χ3n) is 15.5. The summed E-state index contributed by atoms with van der Waals surface area (Å²) in [7, 11) is 2.04. The molecule has 2 unspecified atom stereocenters. The first-order valence-corrected chi connectivity index (χ1v) is 24.2. The number of fused-ring (bicyclic) bond motifs is 6. The van der Waals surface area contributed by atoms with E-state index in [2.05, 4.69) is 58.4 Å². The van der Waals surface area contributed by atoms with Crippen molar-refractivity contribution in [2.45, 2.75) is 101 Å². The number of nitrogens with two attached hydrogens (primary N) is 2. The Kier molecular flexibility index (Phi) is 13.8. The van der Waals surface area contributed by atoms with E-state index >= 15 is 0 Å². The van der Waals surface area contributed by atoms with Crippen molar-refractivity contribution >= 4 is 52.2 Å². The summed E-state index contributed by atoms with van der Waals surface area (Å²) in [6, 6.07) is 30.5. The zero-order chi connectivity index (χ0) is 48.6. The minimum Gasteiger partial charge on any atom is -0.423 e. The number of nitriles is 2. The van der Waals surface area contributed by atoms with Crippen LogP contribution in [-0.2, 0) is 43.0 Å². The lowest BCUT2D eigenvalue weighted by atomic mass is 9.61. The molecule has 0 saturated heterocycles. The van der Waals surface area contributed by atoms with Gasteiger partial charge in [-0.15, -0.1) is 0 Å². The third-order valence-corrected chi connectivity index (χ3v) is 16.0. The van der Waals surface area contributed by atoms with E-state index in [1.54, 1.807) is 48.3 Å². The van der Waals surface area contributed by atoms with Crippen molar-refractivity contribution in [2.75, 3.05) is 27.3 Å². The standard InChI is InChI=1S/C26H28N4O2.C19H24BrN3O2.C7H6BNO2/c1-3-30-23(31)26(29-24(30)28)22-14-19(18-6-4-5-17(13-18)16-27)7-8-20(22)15-25(26)11-9-21(32-2)10-12-25;1-3-23-16(24)19(22-17(23)21)15-10-13(20)5-4-12(15)11-18(19)8-6-14(25-2)7-9-18;9-5-6-2-1-3-7(4-6)8(10)11/h4-8,13-14,21H,3,9-12,15H2,1-2H3,(H2,28,29);4-5,10,14H,3,6-9,11H2,1-2H3,(H2,21,22);1-4,10-11H. The maximum Gasteiger partial charge on any atom is 0.488 e. The highest BCUT2D eigenvalue weighted by Gasteiger charge is 2.68. The van der Waals surface area contributed by atoms with Gasteiger partial charge in [0.15, 0.2) is 23.0 Å². The van der Waals surface area contributed by atoms with Crippen molar-refractivity contribution < 1.29 is 29.1 Å². The topological polar surface area (TPSA) is 224 Å². The number of rotatable bonds is 6. The molecule has 68 heavy (non-hydrogen) atoms. The van der Waals surface area contributed by atoms with Gasteiger partial charge in [-0.1, -0.05) is 58.4 Å². The van der Waals surface area contributed by atoms with Crippen molar-refractivity contribution in [1.29, 1.82) is 10.5 Å². The summed E-state index contributed by atoms with van der Waals surface area (Å²) in [5.41, 5.74) is 17.9. The van der Waals surface area contributed by atoms with Gasteiger partial charge in [0.1, 0.15) is 0 Å². The Morgan fingerprint density at radius 3 is 1.60 bits per heavy atom. The van der Waals surface area contributed by atoms with Crippen LogP contribution in [0.3, 0.4) is 0 Å². The summed E-state index contributed by atoms with van der Waals surface area (Å²) in [4.78, 5) is 40.6. The second-order valence-corrected chi connectivity index (χ2v) is 19.6. The Morgan fingerprint density at radius 1 is 0.691 bits per heavy atom. The van der Waals surface area contributed by atoms with Gasteiger partial charge in [-0.25, -0.2) is 9.98 Å². The van der Waals surface area contributed by atoms with E-state index in [1.165, 1.54) is 17.2 Å². The highest BCUT2D eigenvalue weighted by atomic mass is 79.9. The zero-order valence-corrected chi connectivity index (χ0v) is 40.6. The molecule has 10 rings (SSSR count). The fraction of sp³-hybridized carbons (Fsp3) is 0.423. The van der Waals surface area contributed by atoms with Gasteiger partial charge in [0.05, 0.1) is 35.5 Å². The SMILES string of the molecule is CCN1C(=O)C2(N=C1N)c1cc(-c3cccc(C#N)c3)ccc1CC21CCC(OC)CC1.CCN1C(=O)C2(N=C1N)c1cc(Br)ccc1CC21CCC(OC)CC1.N#Cc1cccc(B(O)O)c1. The fourth-order valence-electron chi connectivity index (χ4n) is 12.0. The smallest absolute Gasteiger partial charge is 0.423 e. The molecule has 0 bridgehead atoms. The number of halogens is 1. The number of amides is 2. The summed E-state index contributed by atoms with van der Waals surface area (Å²) in [6.07, 6.45) is 9.56. The first-order chi connectivity index (χ1) is 32.7. The lowest BCUT2D eigenvalue weighted by molar-refractivity contribution is -0.138. The van der Waals surface area contributed by atoms with Gasteiger partial charge >= 0.3 is 7.12 Å². The summed E-state index contributed by atoms with van der Waals surface area (Å²) < 4.78 is 12.2. The van der Waals surface area contributed by atoms with E-state index in [4.69, 9.17) is 46.2 Å². The van der Waals surface area contributed by atoms with Crippen LogP contribution in [0.15, 0.2) is 99.4 Å². The summed E-state index contributed by atoms with van der Waals surface area (Å²) >= 11 is 3.57. The maximum absolute atomic E-state index is 14.0. The summed E-state index contributed by atoms with van der Waals surface area (Å²) in [6.45, 7) is 4.94. The van der Waals surface area contributed by atoms with Gasteiger partial charge in [0.25, 0.3) is 11.8 Å². The van der Waals surface area contributed by atoms with Crippen molar-refractivity contribution in [1.82, 2.24) is 9.80 Å². The number of carbonyl (C=O) groups excluding carboxylic acids is 2. The second-order valence-electron chi connectivity index (χ2n) is 18.7. The Balaban J connectivity index is 0.000000154. The van der Waals surface area contributed by atoms with Gasteiger partial charge in [0, 0.05) is 42.6 Å². The van der Waals surface area contributed by atoms with E-state index in [-0.39, 0.29) is 34.9 Å². The number of methoxy groups -OCH3 is 2. The molecule has 4 aromatic rings. The molecule has 14 nitrogen and oxygen atoms in total. The van der Waals surface area contributed by atoms with Gasteiger partial charge in [-0.2, -0.15) is 10.5 Å². The molecular formula is C52H58BBrN8O6. The second kappa shape index (κ2) is 19.3. The minimum atomic E-state index is -1.50. The molecule has 0 aromatic heterocycles. The van der Waals surface area contributed by atoms with Crippen LogP contribution >= 0.6 is 15.9 Å². The number of hydrogen-bond acceptors (Lipinski definition) is 12. The number of carbonyl (C=O) groups is 2. The van der Waals surface area contributed by atoms with Crippen LogP contribution in [-0.4, -0.2) is 90.2 Å². The summed E-state index contributed by atoms with van der Waals surface area (Å²) in [5.74, 6) is 0.708. The van der Waals surface area contributed by atoms with Gasteiger partial charge in [-0.05, 0) is 159 Å². The number of likely N-dealkylation sites (N-methyl/N-ethyl adjacent to an activating group) is 2. The fourth-order valence-corrected chi connectivity index (χ4v) is 12.4. The first-order valence-electron chi connectivity index (χ1n) is 23.4. The molecule has 2 aliphatic heterocycles. The molecule has 0 radical (unpaired) electrons. The Bertz CT molecular complexity index is 2750. The molecule has 4 aliphatic carbocycles. The normalized spacial score (nSPS) is 27.5. The molecule has 6 N–H and O–H groups in total. The molecule has 2 fully saturated rings. The van der Waals surface area contributed by atoms with E-state index in [9.17, 15) is 14.9 Å². The van der Waals surface area contributed by atoms with Crippen LogP contribution in [0.4, 0.5) is 0 Å². The van der Waals surface area contributed by atoms with Crippen molar-refractivity contribution in [3.63, 3.8) is 0 Å². The van der Waals surface area contributed by atoms with Crippen LogP contribution < -0.4 is 16.9 Å². The van der Waals surface area contributed by atoms with E-state index in [0.29, 0.717) is 41.6 Å². The van der Waals surface area contributed by atoms with Crippen molar-refractivity contribution in [2.24, 2.45) is 32.3 Å². The molecule has 2 amide bonds. The lowest BCUT2D eigenvalue weighted by Gasteiger charge is -2.45. The maximum atomic E-state index is 14.0. The number of benzene rings is 4. The van der Waals surface area contributed by atoms with Crippen LogP contribution in [0.25, 0.3) is 11.1 Å². The number of hydrogen-bond donors (Lipinski definition) is 4. The van der Waals surface area contributed by atoms with Gasteiger partial charge in [-0.3, -0.25) is 19.4 Å². The molecule has 16 heteroatoms. The van der Waals surface area contributed by atoms with Crippen molar-refractivity contribution in [3.05, 3.63) is 123 Å². The zero-order valence-electron chi connectivity index (χ0n) is 39.0. The Labute approximate surface area is 406 Å². The third kappa shape index (κ3) is 8.00. The molecular weight excluding hydrogens is 923 g/mol. The molecule has 4 aromatic carbocycles. The average Bonchev–Trinajstić information content (AvgIpc) is 3.98. The van der Waals surface area contributed by atoms with E-state index < -0.39 is 18.2 Å². The molecule has 2 saturated carbocycles. The largest absolute Gasteiger partial charge is 0.488 e. The monoisotopic (exact) mass is 980 g/mol. The minimum absolute atomic E-state index is 0.00459. The van der Waals surface area contributed by atoms with Crippen LogP contribution in [0.5, 0.6) is 0 Å². The predicted molar refractivity (Wildman–Crippen MR) is 264 cm³/mol. The van der Waals surface area contributed by atoms with Crippen molar-refractivity contribution in [3.8, 4) is 23.3 Å². The van der Waals surface area contributed by atoms with Crippen LogP contribution in [0, 0.1) is 33.5 Å².